The maximum atomic E-state index is 11.8. The molecule has 0 aromatic carbocycles. The number of nitrogens with zero attached hydrogens (tertiary/aromatic N) is 3. The maximum absolute atomic E-state index is 11.8. The Kier molecular flexibility index (Phi) is 3.40. The first-order valence-electron chi connectivity index (χ1n) is 5.78. The molecule has 7 heteroatoms. The SMILES string of the molecule is CC(C)n1ccc(NC(=O)C2=NNC(=O)CC2)n1. The van der Waals surface area contributed by atoms with Crippen LogP contribution in [0, 0.1) is 0 Å². The minimum Gasteiger partial charge on any atom is -0.304 e. The summed E-state index contributed by atoms with van der Waals surface area (Å²) in [5.74, 6) is -0.0204. The lowest BCUT2D eigenvalue weighted by Gasteiger charge is -2.10. The first kappa shape index (κ1) is 12.3. The summed E-state index contributed by atoms with van der Waals surface area (Å²) in [4.78, 5) is 22.7. The molecular weight excluding hydrogens is 234 g/mol. The van der Waals surface area contributed by atoms with Gasteiger partial charge in [0.05, 0.1) is 0 Å². The predicted molar refractivity (Wildman–Crippen MR) is 66.1 cm³/mol. The van der Waals surface area contributed by atoms with Crippen LogP contribution in [-0.2, 0) is 9.59 Å². The van der Waals surface area contributed by atoms with E-state index in [1.165, 1.54) is 0 Å². The zero-order valence-corrected chi connectivity index (χ0v) is 10.3. The summed E-state index contributed by atoms with van der Waals surface area (Å²) in [6.07, 6.45) is 2.43. The first-order chi connectivity index (χ1) is 8.56. The Bertz CT molecular complexity index is 503. The van der Waals surface area contributed by atoms with Crippen molar-refractivity contribution in [2.24, 2.45) is 5.10 Å². The number of nitrogens with one attached hydrogen (secondary N) is 2. The molecule has 18 heavy (non-hydrogen) atoms. The highest BCUT2D eigenvalue weighted by atomic mass is 16.2. The molecule has 0 saturated heterocycles. The van der Waals surface area contributed by atoms with Crippen LogP contribution >= 0.6 is 0 Å². The zero-order valence-electron chi connectivity index (χ0n) is 10.3. The number of amides is 2. The normalized spacial score (nSPS) is 15.3. The van der Waals surface area contributed by atoms with Crippen molar-refractivity contribution in [3.63, 3.8) is 0 Å². The molecule has 0 saturated carbocycles. The highest BCUT2D eigenvalue weighted by Crippen LogP contribution is 2.09. The van der Waals surface area contributed by atoms with Crippen LogP contribution in [0.2, 0.25) is 0 Å². The van der Waals surface area contributed by atoms with Crippen molar-refractivity contribution in [3.05, 3.63) is 12.3 Å². The van der Waals surface area contributed by atoms with Crippen LogP contribution < -0.4 is 10.7 Å². The Balaban J connectivity index is 2.00. The van der Waals surface area contributed by atoms with Gasteiger partial charge in [0.15, 0.2) is 5.82 Å². The molecule has 1 aromatic rings. The topological polar surface area (TPSA) is 88.4 Å². The van der Waals surface area contributed by atoms with Gasteiger partial charge >= 0.3 is 0 Å². The zero-order chi connectivity index (χ0) is 13.1. The Hall–Kier alpha value is -2.18. The average molecular weight is 249 g/mol. The third-order valence-electron chi connectivity index (χ3n) is 2.55. The number of hydrazone groups is 1. The van der Waals surface area contributed by atoms with E-state index in [9.17, 15) is 9.59 Å². The first-order valence-corrected chi connectivity index (χ1v) is 5.78. The Morgan fingerprint density at radius 3 is 2.83 bits per heavy atom. The van der Waals surface area contributed by atoms with Gasteiger partial charge in [0.25, 0.3) is 5.91 Å². The van der Waals surface area contributed by atoms with Crippen molar-refractivity contribution in [1.29, 1.82) is 0 Å². The molecule has 2 rings (SSSR count). The van der Waals surface area contributed by atoms with Crippen molar-refractivity contribution in [3.8, 4) is 0 Å². The summed E-state index contributed by atoms with van der Waals surface area (Å²) in [5.41, 5.74) is 2.60. The molecule has 2 N–H and O–H groups in total. The van der Waals surface area contributed by atoms with Gasteiger partial charge in [-0.3, -0.25) is 14.3 Å². The van der Waals surface area contributed by atoms with Crippen molar-refractivity contribution >= 4 is 23.3 Å². The Morgan fingerprint density at radius 2 is 2.28 bits per heavy atom. The number of aromatic nitrogens is 2. The van der Waals surface area contributed by atoms with E-state index in [2.05, 4.69) is 20.9 Å². The molecule has 96 valence electrons. The number of carbonyl (C=O) groups excluding carboxylic acids is 2. The second kappa shape index (κ2) is 4.99. The maximum Gasteiger partial charge on any atom is 0.273 e. The molecule has 2 amide bonds. The number of hydrogen-bond donors (Lipinski definition) is 2. The van der Waals surface area contributed by atoms with E-state index in [4.69, 9.17) is 0 Å². The van der Waals surface area contributed by atoms with Crippen LogP contribution in [-0.4, -0.2) is 27.3 Å². The Labute approximate surface area is 104 Å². The third-order valence-corrected chi connectivity index (χ3v) is 2.55. The smallest absolute Gasteiger partial charge is 0.273 e. The standard InChI is InChI=1S/C11H15N5O2/c1-7(2)16-6-5-9(15-16)12-11(18)8-3-4-10(17)14-13-8/h5-7H,3-4H2,1-2H3,(H,14,17)(H,12,15,18). The molecular formula is C11H15N5O2. The van der Waals surface area contributed by atoms with Crippen molar-refractivity contribution < 1.29 is 9.59 Å². The number of hydrogen-bond acceptors (Lipinski definition) is 4. The van der Waals surface area contributed by atoms with Gasteiger partial charge in [0.1, 0.15) is 5.71 Å². The van der Waals surface area contributed by atoms with E-state index in [-0.39, 0.29) is 24.3 Å². The monoisotopic (exact) mass is 249 g/mol. The number of anilines is 1. The van der Waals surface area contributed by atoms with Gasteiger partial charge < -0.3 is 5.32 Å². The van der Waals surface area contributed by atoms with Gasteiger partial charge in [-0.2, -0.15) is 10.2 Å². The van der Waals surface area contributed by atoms with Crippen LogP contribution in [0.5, 0.6) is 0 Å². The fourth-order valence-electron chi connectivity index (χ4n) is 1.52. The summed E-state index contributed by atoms with van der Waals surface area (Å²) in [6.45, 7) is 4.00. The van der Waals surface area contributed by atoms with Gasteiger partial charge in [-0.1, -0.05) is 0 Å². The van der Waals surface area contributed by atoms with Crippen molar-refractivity contribution in [1.82, 2.24) is 15.2 Å². The van der Waals surface area contributed by atoms with E-state index in [0.717, 1.165) is 0 Å². The second-order valence-corrected chi connectivity index (χ2v) is 4.32. The number of rotatable bonds is 3. The van der Waals surface area contributed by atoms with Crippen LogP contribution in [0.25, 0.3) is 0 Å². The molecule has 0 bridgehead atoms. The minimum absolute atomic E-state index is 0.171. The fraction of sp³-hybridized carbons (Fsp3) is 0.455. The molecule has 0 unspecified atom stereocenters. The van der Waals surface area contributed by atoms with Crippen LogP contribution in [0.4, 0.5) is 5.82 Å². The molecule has 0 fully saturated rings. The van der Waals surface area contributed by atoms with Crippen LogP contribution in [0.1, 0.15) is 32.7 Å². The molecule has 7 nitrogen and oxygen atoms in total. The Morgan fingerprint density at radius 1 is 1.50 bits per heavy atom. The van der Waals surface area contributed by atoms with E-state index in [1.54, 1.807) is 16.9 Å². The molecule has 2 heterocycles. The van der Waals surface area contributed by atoms with Gasteiger partial charge in [0.2, 0.25) is 5.91 Å². The lowest BCUT2D eigenvalue weighted by molar-refractivity contribution is -0.121. The van der Waals surface area contributed by atoms with E-state index in [1.807, 2.05) is 13.8 Å². The molecule has 1 aliphatic heterocycles. The van der Waals surface area contributed by atoms with Gasteiger partial charge in [-0.05, 0) is 13.8 Å². The quantitative estimate of drug-likeness (QED) is 0.825. The predicted octanol–water partition coefficient (Wildman–Crippen LogP) is 0.668. The summed E-state index contributed by atoms with van der Waals surface area (Å²) in [6, 6.07) is 1.96. The van der Waals surface area contributed by atoms with Gasteiger partial charge in [-0.25, -0.2) is 5.43 Å². The van der Waals surface area contributed by atoms with E-state index in [0.29, 0.717) is 18.0 Å². The lowest BCUT2D eigenvalue weighted by atomic mass is 10.1. The summed E-state index contributed by atoms with van der Waals surface area (Å²) in [7, 11) is 0. The summed E-state index contributed by atoms with van der Waals surface area (Å²) >= 11 is 0. The number of carbonyl (C=O) groups is 2. The van der Waals surface area contributed by atoms with Crippen LogP contribution in [0.15, 0.2) is 17.4 Å². The molecule has 0 atom stereocenters. The van der Waals surface area contributed by atoms with Crippen molar-refractivity contribution in [2.75, 3.05) is 5.32 Å². The highest BCUT2D eigenvalue weighted by molar-refractivity contribution is 6.43. The molecule has 1 aliphatic rings. The van der Waals surface area contributed by atoms with Crippen molar-refractivity contribution in [2.45, 2.75) is 32.7 Å². The highest BCUT2D eigenvalue weighted by Gasteiger charge is 2.18. The molecule has 0 spiro atoms. The molecule has 1 aromatic heterocycles. The third kappa shape index (κ3) is 2.73. The average Bonchev–Trinajstić information content (AvgIpc) is 2.78. The fourth-order valence-corrected chi connectivity index (χ4v) is 1.52. The van der Waals surface area contributed by atoms with E-state index >= 15 is 0 Å². The van der Waals surface area contributed by atoms with Crippen LogP contribution in [0.3, 0.4) is 0 Å². The summed E-state index contributed by atoms with van der Waals surface area (Å²) in [5, 5.41) is 10.6. The van der Waals surface area contributed by atoms with Gasteiger partial charge in [-0.15, -0.1) is 0 Å². The molecule has 0 radical (unpaired) electrons. The largest absolute Gasteiger partial charge is 0.304 e. The second-order valence-electron chi connectivity index (χ2n) is 4.32. The lowest BCUT2D eigenvalue weighted by Crippen LogP contribution is -2.32. The van der Waals surface area contributed by atoms with Gasteiger partial charge in [0, 0.05) is 31.1 Å². The van der Waals surface area contributed by atoms with E-state index < -0.39 is 0 Å². The minimum atomic E-state index is -0.330. The summed E-state index contributed by atoms with van der Waals surface area (Å²) < 4.78 is 1.75. The molecule has 0 aliphatic carbocycles.